The molecule has 159 valence electrons. The predicted molar refractivity (Wildman–Crippen MR) is 113 cm³/mol. The Balaban J connectivity index is 1.66. The molecular formula is C23H34BO5. The predicted octanol–water partition coefficient (Wildman–Crippen LogP) is 3.97. The second kappa shape index (κ2) is 7.62. The number of para-hydroxylation sites is 1. The van der Waals surface area contributed by atoms with Gasteiger partial charge in [-0.25, -0.2) is 4.79 Å². The highest BCUT2D eigenvalue weighted by Crippen LogP contribution is 2.63. The van der Waals surface area contributed by atoms with Crippen LogP contribution in [-0.4, -0.2) is 43.0 Å². The van der Waals surface area contributed by atoms with Gasteiger partial charge in [-0.05, 0) is 75.7 Å². The van der Waals surface area contributed by atoms with E-state index in [9.17, 15) is 9.90 Å². The summed E-state index contributed by atoms with van der Waals surface area (Å²) in [6.45, 7) is 11.9. The van der Waals surface area contributed by atoms with E-state index in [0.29, 0.717) is 23.6 Å². The van der Waals surface area contributed by atoms with Gasteiger partial charge in [0.1, 0.15) is 16.9 Å². The number of carbonyl (C=O) groups excluding carboxylic acids is 1. The molecule has 3 aliphatic carbocycles. The Morgan fingerprint density at radius 2 is 1.93 bits per heavy atom. The fourth-order valence-corrected chi connectivity index (χ4v) is 5.06. The molecule has 0 aliphatic heterocycles. The summed E-state index contributed by atoms with van der Waals surface area (Å²) in [5.41, 5.74) is 0.0119. The first-order valence-corrected chi connectivity index (χ1v) is 10.5. The normalized spacial score (nSPS) is 30.3. The molecule has 3 fully saturated rings. The number of fused-ring (bicyclic) bond motifs is 2. The van der Waals surface area contributed by atoms with E-state index < -0.39 is 17.2 Å². The number of benzene rings is 1. The van der Waals surface area contributed by atoms with E-state index in [1.165, 1.54) is 0 Å². The van der Waals surface area contributed by atoms with Crippen molar-refractivity contribution in [3.63, 3.8) is 0 Å². The molecule has 0 amide bonds. The van der Waals surface area contributed by atoms with E-state index in [4.69, 9.17) is 14.1 Å². The Kier molecular flexibility index (Phi) is 5.83. The standard InChI is InChI=1S/C23H34BO5/c1-21(2,3)28-20(25)16-10-8-9-14(19(16)27-7)13-24-29-18-12-15-11-17(22(15,4)5)23(18,6)26/h8-10,15,17-18,26H,11-13H2,1-7H3. The lowest BCUT2D eigenvalue weighted by atomic mass is 9.43. The van der Waals surface area contributed by atoms with Crippen molar-refractivity contribution in [3.05, 3.63) is 29.3 Å². The topological polar surface area (TPSA) is 65.0 Å². The summed E-state index contributed by atoms with van der Waals surface area (Å²) in [4.78, 5) is 12.5. The van der Waals surface area contributed by atoms with Crippen molar-refractivity contribution in [2.75, 3.05) is 7.11 Å². The third-order valence-electron chi connectivity index (χ3n) is 6.81. The third-order valence-corrected chi connectivity index (χ3v) is 6.81. The van der Waals surface area contributed by atoms with Crippen LogP contribution in [-0.2, 0) is 15.7 Å². The summed E-state index contributed by atoms with van der Waals surface area (Å²) in [5, 5.41) is 11.1. The van der Waals surface area contributed by atoms with Gasteiger partial charge in [0.25, 0.3) is 7.48 Å². The summed E-state index contributed by atoms with van der Waals surface area (Å²) in [5.74, 6) is 0.948. The summed E-state index contributed by atoms with van der Waals surface area (Å²) in [6.07, 6.45) is 2.21. The third kappa shape index (κ3) is 4.20. The summed E-state index contributed by atoms with van der Waals surface area (Å²) in [7, 11) is 3.28. The highest BCUT2D eigenvalue weighted by molar-refractivity contribution is 6.27. The molecule has 5 nitrogen and oxygen atoms in total. The van der Waals surface area contributed by atoms with Crippen molar-refractivity contribution in [1.29, 1.82) is 0 Å². The van der Waals surface area contributed by atoms with Crippen molar-refractivity contribution in [3.8, 4) is 5.75 Å². The van der Waals surface area contributed by atoms with Gasteiger partial charge in [0.15, 0.2) is 0 Å². The minimum atomic E-state index is -0.836. The van der Waals surface area contributed by atoms with Crippen LogP contribution < -0.4 is 4.74 Å². The van der Waals surface area contributed by atoms with Crippen LogP contribution >= 0.6 is 0 Å². The van der Waals surface area contributed by atoms with Crippen molar-refractivity contribution >= 4 is 13.5 Å². The molecule has 1 radical (unpaired) electrons. The molecule has 2 bridgehead atoms. The van der Waals surface area contributed by atoms with E-state index in [1.807, 2.05) is 39.8 Å². The molecule has 4 atom stereocenters. The highest BCUT2D eigenvalue weighted by atomic mass is 16.6. The Morgan fingerprint density at radius 3 is 2.48 bits per heavy atom. The number of hydrogen-bond donors (Lipinski definition) is 1. The van der Waals surface area contributed by atoms with Gasteiger partial charge in [-0.3, -0.25) is 0 Å². The maximum absolute atomic E-state index is 12.5. The lowest BCUT2D eigenvalue weighted by Gasteiger charge is -2.65. The Morgan fingerprint density at radius 1 is 1.24 bits per heavy atom. The number of aliphatic hydroxyl groups is 1. The van der Waals surface area contributed by atoms with Crippen molar-refractivity contribution in [1.82, 2.24) is 0 Å². The van der Waals surface area contributed by atoms with E-state index in [1.54, 1.807) is 20.7 Å². The number of esters is 1. The van der Waals surface area contributed by atoms with E-state index >= 15 is 0 Å². The molecule has 3 aliphatic rings. The zero-order valence-corrected chi connectivity index (χ0v) is 18.7. The fourth-order valence-electron chi connectivity index (χ4n) is 5.06. The molecule has 1 aromatic carbocycles. The molecule has 0 aromatic heterocycles. The van der Waals surface area contributed by atoms with Gasteiger partial charge in [-0.15, -0.1) is 0 Å². The summed E-state index contributed by atoms with van der Waals surface area (Å²) < 4.78 is 17.0. The maximum atomic E-state index is 12.5. The quantitative estimate of drug-likeness (QED) is 0.577. The summed E-state index contributed by atoms with van der Waals surface area (Å²) >= 11 is 0. The average molecular weight is 401 g/mol. The molecule has 0 saturated heterocycles. The van der Waals surface area contributed by atoms with E-state index in [0.717, 1.165) is 18.4 Å². The van der Waals surface area contributed by atoms with Crippen LogP contribution in [0, 0.1) is 17.3 Å². The molecular weight excluding hydrogens is 367 g/mol. The second-order valence-corrected chi connectivity index (χ2v) is 10.3. The maximum Gasteiger partial charge on any atom is 0.342 e. The number of rotatable bonds is 6. The van der Waals surface area contributed by atoms with Crippen LogP contribution in [0.2, 0.25) is 0 Å². The molecule has 6 heteroatoms. The Labute approximate surface area is 175 Å². The lowest BCUT2D eigenvalue weighted by molar-refractivity contribution is -0.238. The van der Waals surface area contributed by atoms with Crippen LogP contribution in [0.15, 0.2) is 18.2 Å². The number of carbonyl (C=O) groups is 1. The Bertz CT molecular complexity index is 765. The van der Waals surface area contributed by atoms with Gasteiger partial charge in [-0.2, -0.15) is 0 Å². The van der Waals surface area contributed by atoms with Gasteiger partial charge in [0.05, 0.1) is 18.8 Å². The lowest BCUT2D eigenvalue weighted by Crippen LogP contribution is -2.67. The van der Waals surface area contributed by atoms with E-state index in [2.05, 4.69) is 13.8 Å². The molecule has 1 aromatic rings. The fraction of sp³-hybridized carbons (Fsp3) is 0.696. The molecule has 4 unspecified atom stereocenters. The first-order valence-electron chi connectivity index (χ1n) is 10.5. The number of ether oxygens (including phenoxy) is 2. The molecule has 0 heterocycles. The SMILES string of the molecule is COc1c(C[B]OC2CC3CC(C3(C)C)C2(C)O)cccc1C(=O)OC(C)(C)C. The minimum absolute atomic E-state index is 0.175. The van der Waals surface area contributed by atoms with E-state index in [-0.39, 0.29) is 17.4 Å². The molecule has 0 spiro atoms. The molecule has 1 N–H and O–H groups in total. The molecule has 4 rings (SSSR count). The highest BCUT2D eigenvalue weighted by Gasteiger charge is 2.63. The summed E-state index contributed by atoms with van der Waals surface area (Å²) in [6, 6.07) is 5.43. The number of methoxy groups -OCH3 is 1. The van der Waals surface area contributed by atoms with Gasteiger partial charge in [-0.1, -0.05) is 26.0 Å². The zero-order chi connectivity index (χ0) is 21.6. The minimum Gasteiger partial charge on any atom is -0.496 e. The van der Waals surface area contributed by atoms with Gasteiger partial charge < -0.3 is 19.2 Å². The second-order valence-electron chi connectivity index (χ2n) is 10.3. The Hall–Kier alpha value is -1.53. The van der Waals surface area contributed by atoms with Crippen LogP contribution in [0.5, 0.6) is 5.75 Å². The number of hydrogen-bond acceptors (Lipinski definition) is 5. The van der Waals surface area contributed by atoms with Crippen molar-refractivity contribution < 1.29 is 24.0 Å². The largest absolute Gasteiger partial charge is 0.496 e. The first kappa shape index (κ1) is 22.2. The van der Waals surface area contributed by atoms with Crippen molar-refractivity contribution in [2.24, 2.45) is 17.3 Å². The zero-order valence-electron chi connectivity index (χ0n) is 18.7. The molecule has 29 heavy (non-hydrogen) atoms. The van der Waals surface area contributed by atoms with Crippen LogP contribution in [0.4, 0.5) is 0 Å². The monoisotopic (exact) mass is 401 g/mol. The first-order chi connectivity index (χ1) is 13.4. The van der Waals surface area contributed by atoms with Crippen LogP contribution in [0.25, 0.3) is 0 Å². The van der Waals surface area contributed by atoms with Crippen molar-refractivity contribution in [2.45, 2.75) is 78.0 Å². The van der Waals surface area contributed by atoms with Gasteiger partial charge in [0, 0.05) is 0 Å². The average Bonchev–Trinajstić information content (AvgIpc) is 2.60. The van der Waals surface area contributed by atoms with Crippen LogP contribution in [0.1, 0.15) is 70.3 Å². The van der Waals surface area contributed by atoms with Crippen LogP contribution in [0.3, 0.4) is 0 Å². The smallest absolute Gasteiger partial charge is 0.342 e. The van der Waals surface area contributed by atoms with Gasteiger partial charge in [0.2, 0.25) is 0 Å². The molecule has 3 saturated carbocycles. The van der Waals surface area contributed by atoms with Gasteiger partial charge >= 0.3 is 5.97 Å².